The first-order valence-corrected chi connectivity index (χ1v) is 8.95. The summed E-state index contributed by atoms with van der Waals surface area (Å²) in [4.78, 5) is 6.77. The molecule has 0 aliphatic carbocycles. The molecule has 1 fully saturated rings. The number of nitrogens with one attached hydrogen (secondary N) is 2. The predicted octanol–water partition coefficient (Wildman–Crippen LogP) is 2.85. The summed E-state index contributed by atoms with van der Waals surface area (Å²) in [5, 5.41) is 6.54. The summed E-state index contributed by atoms with van der Waals surface area (Å²) in [7, 11) is 3.48. The third-order valence-electron chi connectivity index (χ3n) is 4.59. The van der Waals surface area contributed by atoms with Crippen LogP contribution in [0.15, 0.2) is 29.3 Å². The number of aliphatic imine (C=N–C) groups is 1. The topological polar surface area (TPSA) is 48.9 Å². The van der Waals surface area contributed by atoms with E-state index in [0.29, 0.717) is 6.61 Å². The standard InChI is InChI=1S/C19H32N4O.HI/c1-16-8-11-23(12-9-16)15-18-6-4-17(5-7-18)14-22-19(20-2)21-10-13-24-3;/h4-7,16H,8-15H2,1-3H3,(H2,20,21,22);1H. The average Bonchev–Trinajstić information content (AvgIpc) is 2.61. The zero-order valence-electron chi connectivity index (χ0n) is 15.8. The van der Waals surface area contributed by atoms with Gasteiger partial charge in [-0.3, -0.25) is 9.89 Å². The Kier molecular flexibility index (Phi) is 11.1. The summed E-state index contributed by atoms with van der Waals surface area (Å²) < 4.78 is 5.03. The van der Waals surface area contributed by atoms with Crippen LogP contribution in [0.2, 0.25) is 0 Å². The molecule has 0 spiro atoms. The zero-order chi connectivity index (χ0) is 17.2. The number of ether oxygens (including phenoxy) is 1. The van der Waals surface area contributed by atoms with Gasteiger partial charge in [0.25, 0.3) is 0 Å². The van der Waals surface area contributed by atoms with Gasteiger partial charge in [-0.1, -0.05) is 31.2 Å². The van der Waals surface area contributed by atoms with Crippen molar-refractivity contribution in [3.63, 3.8) is 0 Å². The highest BCUT2D eigenvalue weighted by molar-refractivity contribution is 14.0. The third-order valence-corrected chi connectivity index (χ3v) is 4.59. The number of methoxy groups -OCH3 is 1. The molecule has 0 saturated carbocycles. The van der Waals surface area contributed by atoms with Gasteiger partial charge in [0.1, 0.15) is 0 Å². The number of likely N-dealkylation sites (tertiary alicyclic amines) is 1. The minimum atomic E-state index is 0. The van der Waals surface area contributed by atoms with E-state index < -0.39 is 0 Å². The molecule has 25 heavy (non-hydrogen) atoms. The lowest BCUT2D eigenvalue weighted by molar-refractivity contribution is 0.185. The van der Waals surface area contributed by atoms with Crippen molar-refractivity contribution in [2.45, 2.75) is 32.9 Å². The molecule has 6 heteroatoms. The van der Waals surface area contributed by atoms with E-state index >= 15 is 0 Å². The molecule has 1 aliphatic rings. The van der Waals surface area contributed by atoms with Crippen LogP contribution in [0.25, 0.3) is 0 Å². The van der Waals surface area contributed by atoms with Crippen molar-refractivity contribution in [3.8, 4) is 0 Å². The van der Waals surface area contributed by atoms with Crippen molar-refractivity contribution in [3.05, 3.63) is 35.4 Å². The molecule has 0 radical (unpaired) electrons. The Morgan fingerprint density at radius 3 is 2.40 bits per heavy atom. The van der Waals surface area contributed by atoms with Gasteiger partial charge in [0.2, 0.25) is 0 Å². The molecule has 0 atom stereocenters. The molecule has 1 saturated heterocycles. The van der Waals surface area contributed by atoms with E-state index in [-0.39, 0.29) is 24.0 Å². The fourth-order valence-corrected chi connectivity index (χ4v) is 2.92. The average molecular weight is 460 g/mol. The molecular weight excluding hydrogens is 427 g/mol. The van der Waals surface area contributed by atoms with Crippen LogP contribution in [-0.4, -0.2) is 51.3 Å². The first kappa shape index (κ1) is 22.2. The lowest BCUT2D eigenvalue weighted by Gasteiger charge is -2.30. The molecule has 1 heterocycles. The van der Waals surface area contributed by atoms with E-state index in [1.54, 1.807) is 14.2 Å². The van der Waals surface area contributed by atoms with Crippen LogP contribution in [0.1, 0.15) is 30.9 Å². The van der Waals surface area contributed by atoms with E-state index in [9.17, 15) is 0 Å². The van der Waals surface area contributed by atoms with Crippen molar-refractivity contribution in [1.82, 2.24) is 15.5 Å². The van der Waals surface area contributed by atoms with Gasteiger partial charge in [-0.2, -0.15) is 0 Å². The molecule has 1 aromatic rings. The molecule has 142 valence electrons. The Hall–Kier alpha value is -0.860. The van der Waals surface area contributed by atoms with Gasteiger partial charge in [0.15, 0.2) is 5.96 Å². The summed E-state index contributed by atoms with van der Waals surface area (Å²) in [6, 6.07) is 8.90. The van der Waals surface area contributed by atoms with Crippen LogP contribution in [0, 0.1) is 5.92 Å². The molecule has 0 aromatic heterocycles. The van der Waals surface area contributed by atoms with Crippen LogP contribution in [0.4, 0.5) is 0 Å². The van der Waals surface area contributed by atoms with E-state index in [0.717, 1.165) is 31.5 Å². The Bertz CT molecular complexity index is 499. The fraction of sp³-hybridized carbons (Fsp3) is 0.632. The third kappa shape index (κ3) is 8.37. The summed E-state index contributed by atoms with van der Waals surface area (Å²) in [5.74, 6) is 1.69. The molecule has 1 aliphatic heterocycles. The maximum Gasteiger partial charge on any atom is 0.191 e. The van der Waals surface area contributed by atoms with E-state index in [1.807, 2.05) is 0 Å². The summed E-state index contributed by atoms with van der Waals surface area (Å²) >= 11 is 0. The Morgan fingerprint density at radius 1 is 1.16 bits per heavy atom. The smallest absolute Gasteiger partial charge is 0.191 e. The van der Waals surface area contributed by atoms with Crippen molar-refractivity contribution < 1.29 is 4.74 Å². The maximum absolute atomic E-state index is 5.03. The van der Waals surface area contributed by atoms with Gasteiger partial charge in [-0.15, -0.1) is 24.0 Å². The van der Waals surface area contributed by atoms with Gasteiger partial charge >= 0.3 is 0 Å². The minimum absolute atomic E-state index is 0. The quantitative estimate of drug-likeness (QED) is 0.285. The van der Waals surface area contributed by atoms with Crippen LogP contribution < -0.4 is 10.6 Å². The fourth-order valence-electron chi connectivity index (χ4n) is 2.92. The minimum Gasteiger partial charge on any atom is -0.383 e. The molecule has 2 N–H and O–H groups in total. The molecule has 0 unspecified atom stereocenters. The van der Waals surface area contributed by atoms with Gasteiger partial charge in [0, 0.05) is 33.8 Å². The highest BCUT2D eigenvalue weighted by Crippen LogP contribution is 2.18. The Morgan fingerprint density at radius 2 is 1.80 bits per heavy atom. The van der Waals surface area contributed by atoms with Crippen molar-refractivity contribution in [2.24, 2.45) is 10.9 Å². The normalized spacial score (nSPS) is 16.4. The van der Waals surface area contributed by atoms with Gasteiger partial charge in [-0.05, 0) is 43.0 Å². The Balaban J connectivity index is 0.00000312. The first-order valence-electron chi connectivity index (χ1n) is 8.95. The molecular formula is C19H33IN4O. The van der Waals surface area contributed by atoms with E-state index in [1.165, 1.54) is 37.1 Å². The highest BCUT2D eigenvalue weighted by atomic mass is 127. The van der Waals surface area contributed by atoms with Crippen molar-refractivity contribution >= 4 is 29.9 Å². The molecule has 0 bridgehead atoms. The number of hydrogen-bond donors (Lipinski definition) is 2. The SMILES string of the molecule is CN=C(NCCOC)NCc1ccc(CN2CCC(C)CC2)cc1.I. The van der Waals surface area contributed by atoms with Gasteiger partial charge in [0.05, 0.1) is 6.61 Å². The summed E-state index contributed by atoms with van der Waals surface area (Å²) in [5.41, 5.74) is 2.66. The summed E-state index contributed by atoms with van der Waals surface area (Å²) in [6.45, 7) is 8.09. The van der Waals surface area contributed by atoms with E-state index in [2.05, 4.69) is 51.7 Å². The van der Waals surface area contributed by atoms with Crippen LogP contribution in [0.5, 0.6) is 0 Å². The maximum atomic E-state index is 5.03. The highest BCUT2D eigenvalue weighted by Gasteiger charge is 2.15. The number of guanidine groups is 1. The second kappa shape index (κ2) is 12.5. The van der Waals surface area contributed by atoms with Crippen LogP contribution in [0.3, 0.4) is 0 Å². The number of hydrogen-bond acceptors (Lipinski definition) is 3. The largest absolute Gasteiger partial charge is 0.383 e. The monoisotopic (exact) mass is 460 g/mol. The second-order valence-electron chi connectivity index (χ2n) is 6.62. The lowest BCUT2D eigenvalue weighted by atomic mass is 9.99. The molecule has 0 amide bonds. The number of benzene rings is 1. The predicted molar refractivity (Wildman–Crippen MR) is 116 cm³/mol. The zero-order valence-corrected chi connectivity index (χ0v) is 18.1. The van der Waals surface area contributed by atoms with E-state index in [4.69, 9.17) is 4.74 Å². The molecule has 1 aromatic carbocycles. The van der Waals surface area contributed by atoms with Gasteiger partial charge < -0.3 is 15.4 Å². The Labute approximate surface area is 169 Å². The van der Waals surface area contributed by atoms with Gasteiger partial charge in [-0.25, -0.2) is 0 Å². The van der Waals surface area contributed by atoms with Crippen molar-refractivity contribution in [2.75, 3.05) is 40.4 Å². The van der Waals surface area contributed by atoms with Crippen molar-refractivity contribution in [1.29, 1.82) is 0 Å². The molecule has 2 rings (SSSR count). The van der Waals surface area contributed by atoms with Crippen LogP contribution >= 0.6 is 24.0 Å². The number of halogens is 1. The van der Waals surface area contributed by atoms with Crippen LogP contribution in [-0.2, 0) is 17.8 Å². The number of nitrogens with zero attached hydrogens (tertiary/aromatic N) is 2. The number of rotatable bonds is 7. The second-order valence-corrected chi connectivity index (χ2v) is 6.62. The number of piperidine rings is 1. The summed E-state index contributed by atoms with van der Waals surface area (Å²) in [6.07, 6.45) is 2.66. The first-order chi connectivity index (χ1) is 11.7. The lowest BCUT2D eigenvalue weighted by Crippen LogP contribution is -2.38. The molecule has 5 nitrogen and oxygen atoms in total.